The quantitative estimate of drug-likeness (QED) is 0.593. The van der Waals surface area contributed by atoms with Crippen molar-refractivity contribution in [3.8, 4) is 0 Å². The number of Topliss-reactive ketones (excluding diaryl/α,β-unsaturated/α-hetero) is 1. The number of β-amino-alcohol motifs (C(OH)–C–C–N with tert-alkyl or cyclic N) is 1. The number of rotatable bonds is 7. The Balaban J connectivity index is 2.83. The van der Waals surface area contributed by atoms with E-state index in [2.05, 4.69) is 18.5 Å². The number of hydrogen-bond acceptors (Lipinski definition) is 3. The van der Waals surface area contributed by atoms with Gasteiger partial charge in [0.05, 0.1) is 12.1 Å². The number of aliphatic hydroxyl groups excluding tert-OH is 1. The summed E-state index contributed by atoms with van der Waals surface area (Å²) in [4.78, 5) is 13.7. The molecule has 1 aromatic rings. The Hall–Kier alpha value is -0.840. The summed E-state index contributed by atoms with van der Waals surface area (Å²) in [5.41, 5.74) is 0.0652. The predicted molar refractivity (Wildman–Crippen MR) is 82.0 cm³/mol. The van der Waals surface area contributed by atoms with Gasteiger partial charge in [-0.25, -0.2) is 0 Å². The van der Waals surface area contributed by atoms with E-state index in [1.54, 1.807) is 0 Å². The lowest BCUT2D eigenvalue weighted by atomic mass is 9.93. The minimum absolute atomic E-state index is 0.0325. The lowest BCUT2D eigenvalue weighted by molar-refractivity contribution is 0.0877. The summed E-state index contributed by atoms with van der Waals surface area (Å²) in [6.07, 6.45) is 2.21. The fraction of sp³-hybridized carbons (Fsp3) is 0.533. The maximum absolute atomic E-state index is 12.4. The largest absolute Gasteiger partial charge is 0.395 e. The third kappa shape index (κ3) is 4.34. The van der Waals surface area contributed by atoms with Crippen LogP contribution in [-0.2, 0) is 10.9 Å². The summed E-state index contributed by atoms with van der Waals surface area (Å²) in [5.74, 6) is 1.18. The van der Waals surface area contributed by atoms with Gasteiger partial charge in [-0.3, -0.25) is 4.79 Å². The van der Waals surface area contributed by atoms with E-state index in [0.717, 1.165) is 5.75 Å². The lowest BCUT2D eigenvalue weighted by Crippen LogP contribution is -2.47. The van der Waals surface area contributed by atoms with Gasteiger partial charge in [0.1, 0.15) is 12.0 Å². The third-order valence-electron chi connectivity index (χ3n) is 3.20. The first kappa shape index (κ1) is 16.2. The maximum atomic E-state index is 12.4. The van der Waals surface area contributed by atoms with Gasteiger partial charge in [0.2, 0.25) is 0 Å². The monoisotopic (exact) mass is 282 g/mol. The molecule has 0 aliphatic carbocycles. The van der Waals surface area contributed by atoms with Crippen LogP contribution in [0.5, 0.6) is 0 Å². The summed E-state index contributed by atoms with van der Waals surface area (Å²) in [6.45, 7) is 6.31. The highest BCUT2D eigenvalue weighted by Gasteiger charge is 2.28. The van der Waals surface area contributed by atoms with E-state index >= 15 is 0 Å². The van der Waals surface area contributed by atoms with Gasteiger partial charge in [0, 0.05) is 23.0 Å². The number of carbonyl (C=O) groups is 1. The maximum Gasteiger partial charge on any atom is 0.182 e. The van der Waals surface area contributed by atoms with Gasteiger partial charge in [-0.1, -0.05) is 0 Å². The fourth-order valence-corrected chi connectivity index (χ4v) is 2.75. The number of hydrogen-bond donors (Lipinski definition) is 2. The summed E-state index contributed by atoms with van der Waals surface area (Å²) in [7, 11) is 0.252. The summed E-state index contributed by atoms with van der Waals surface area (Å²) >= 11 is 0. The molecule has 1 rings (SSSR count). The van der Waals surface area contributed by atoms with Crippen LogP contribution in [0.4, 0.5) is 0 Å². The van der Waals surface area contributed by atoms with Crippen LogP contribution < -0.4 is 5.32 Å². The van der Waals surface area contributed by atoms with Crippen molar-refractivity contribution in [2.45, 2.75) is 31.2 Å². The molecule has 0 spiro atoms. The van der Waals surface area contributed by atoms with Crippen LogP contribution >= 0.6 is 0 Å². The second-order valence-corrected chi connectivity index (χ2v) is 7.38. The molecule has 0 radical (unpaired) electrons. The van der Waals surface area contributed by atoms with E-state index in [1.807, 2.05) is 38.1 Å². The summed E-state index contributed by atoms with van der Waals surface area (Å²) in [6, 6.07) is 7.89. The van der Waals surface area contributed by atoms with Gasteiger partial charge in [-0.2, -0.15) is 0 Å². The molecule has 0 saturated heterocycles. The molecule has 0 aromatic heterocycles. The summed E-state index contributed by atoms with van der Waals surface area (Å²) in [5, 5.41) is 11.9. The van der Waals surface area contributed by atoms with Crippen LogP contribution in [0, 0.1) is 0 Å². The van der Waals surface area contributed by atoms with Crippen molar-refractivity contribution >= 4 is 16.7 Å². The SMILES string of the molecule is CC[S+](C)c1ccc(C(=O)C(C)(C)NCCO)cc1. The van der Waals surface area contributed by atoms with Gasteiger partial charge in [-0.15, -0.1) is 0 Å². The fourth-order valence-electron chi connectivity index (χ4n) is 1.81. The minimum atomic E-state index is -0.650. The van der Waals surface area contributed by atoms with Gasteiger partial charge < -0.3 is 10.4 Å². The van der Waals surface area contributed by atoms with Crippen LogP contribution in [0.25, 0.3) is 0 Å². The van der Waals surface area contributed by atoms with E-state index < -0.39 is 5.54 Å². The molecule has 0 fully saturated rings. The molecule has 19 heavy (non-hydrogen) atoms. The van der Waals surface area contributed by atoms with Crippen molar-refractivity contribution in [1.29, 1.82) is 0 Å². The Kier molecular flexibility index (Phi) is 6.04. The van der Waals surface area contributed by atoms with Crippen molar-refractivity contribution in [3.63, 3.8) is 0 Å². The number of ketones is 1. The standard InChI is InChI=1S/C15H24NO2S/c1-5-19(4)13-8-6-12(7-9-13)14(18)15(2,3)16-10-11-17/h6-9,16-17H,5,10-11H2,1-4H3/q+1. The van der Waals surface area contributed by atoms with Crippen molar-refractivity contribution in [3.05, 3.63) is 29.8 Å². The zero-order chi connectivity index (χ0) is 14.5. The Morgan fingerprint density at radius 2 is 1.89 bits per heavy atom. The Morgan fingerprint density at radius 3 is 2.37 bits per heavy atom. The van der Waals surface area contributed by atoms with E-state index in [-0.39, 0.29) is 23.3 Å². The van der Waals surface area contributed by atoms with E-state index in [1.165, 1.54) is 4.90 Å². The zero-order valence-corrected chi connectivity index (χ0v) is 13.0. The molecule has 1 unspecified atom stereocenters. The molecule has 0 bridgehead atoms. The first-order valence-corrected chi connectivity index (χ1v) is 8.36. The minimum Gasteiger partial charge on any atom is -0.395 e. The first-order valence-electron chi connectivity index (χ1n) is 6.55. The molecule has 1 atom stereocenters. The highest BCUT2D eigenvalue weighted by molar-refractivity contribution is 7.96. The van der Waals surface area contributed by atoms with Gasteiger partial charge in [0.25, 0.3) is 0 Å². The van der Waals surface area contributed by atoms with Crippen molar-refractivity contribution in [2.75, 3.05) is 25.2 Å². The molecule has 3 nitrogen and oxygen atoms in total. The molecule has 0 aliphatic rings. The van der Waals surface area contributed by atoms with Gasteiger partial charge in [0.15, 0.2) is 10.7 Å². The van der Waals surface area contributed by atoms with Crippen LogP contribution in [-0.4, -0.2) is 41.6 Å². The molecule has 0 saturated carbocycles. The topological polar surface area (TPSA) is 49.3 Å². The van der Waals surface area contributed by atoms with Crippen LogP contribution in [0.15, 0.2) is 29.2 Å². The normalized spacial score (nSPS) is 13.3. The summed E-state index contributed by atoms with van der Waals surface area (Å²) < 4.78 is 0. The molecule has 0 heterocycles. The van der Waals surface area contributed by atoms with Gasteiger partial charge in [-0.05, 0) is 45.0 Å². The van der Waals surface area contributed by atoms with Crippen molar-refractivity contribution in [2.24, 2.45) is 0 Å². The number of aliphatic hydroxyl groups is 1. The first-order chi connectivity index (χ1) is 8.92. The van der Waals surface area contributed by atoms with Crippen molar-refractivity contribution < 1.29 is 9.90 Å². The van der Waals surface area contributed by atoms with Crippen LogP contribution in [0.1, 0.15) is 31.1 Å². The Morgan fingerprint density at radius 1 is 1.32 bits per heavy atom. The Labute approximate surface area is 118 Å². The second kappa shape index (κ2) is 7.08. The highest BCUT2D eigenvalue weighted by atomic mass is 32.2. The lowest BCUT2D eigenvalue weighted by Gasteiger charge is -2.24. The highest BCUT2D eigenvalue weighted by Crippen LogP contribution is 2.17. The number of carbonyl (C=O) groups excluding carboxylic acids is 1. The Bertz CT molecular complexity index is 415. The zero-order valence-electron chi connectivity index (χ0n) is 12.2. The molecule has 0 aliphatic heterocycles. The average molecular weight is 282 g/mol. The molecular weight excluding hydrogens is 258 g/mol. The van der Waals surface area contributed by atoms with Crippen LogP contribution in [0.3, 0.4) is 0 Å². The third-order valence-corrected chi connectivity index (χ3v) is 5.14. The number of benzene rings is 1. The average Bonchev–Trinajstić information content (AvgIpc) is 2.43. The molecule has 2 N–H and O–H groups in total. The van der Waals surface area contributed by atoms with Gasteiger partial charge >= 0.3 is 0 Å². The van der Waals surface area contributed by atoms with Crippen LogP contribution in [0.2, 0.25) is 0 Å². The second-order valence-electron chi connectivity index (χ2n) is 5.05. The molecule has 0 amide bonds. The van der Waals surface area contributed by atoms with E-state index in [0.29, 0.717) is 12.1 Å². The predicted octanol–water partition coefficient (Wildman–Crippen LogP) is 1.86. The molecule has 1 aromatic carbocycles. The number of nitrogens with one attached hydrogen (secondary N) is 1. The smallest absolute Gasteiger partial charge is 0.182 e. The molecule has 106 valence electrons. The molecule has 4 heteroatoms. The van der Waals surface area contributed by atoms with E-state index in [9.17, 15) is 4.79 Å². The van der Waals surface area contributed by atoms with E-state index in [4.69, 9.17) is 5.11 Å². The molecular formula is C15H24NO2S+. The van der Waals surface area contributed by atoms with Crippen molar-refractivity contribution in [1.82, 2.24) is 5.32 Å².